The van der Waals surface area contributed by atoms with Gasteiger partial charge in [0.1, 0.15) is 4.90 Å². The molecule has 1 aromatic rings. The summed E-state index contributed by atoms with van der Waals surface area (Å²) in [5, 5.41) is 3.85. The van der Waals surface area contributed by atoms with E-state index in [1.165, 1.54) is 21.4 Å². The van der Waals surface area contributed by atoms with Crippen molar-refractivity contribution in [2.24, 2.45) is 12.8 Å². The van der Waals surface area contributed by atoms with Gasteiger partial charge in [-0.05, 0) is 13.8 Å². The highest BCUT2D eigenvalue weighted by Crippen LogP contribution is 2.16. The summed E-state index contributed by atoms with van der Waals surface area (Å²) < 4.78 is 27.3. The molecule has 0 aliphatic rings. The SMILES string of the molecule is CC(C)N(CC(N)=S)S(=O)(=O)c1cnn(C)c1. The summed E-state index contributed by atoms with van der Waals surface area (Å²) in [6.07, 6.45) is 2.76. The Labute approximate surface area is 106 Å². The van der Waals surface area contributed by atoms with Crippen molar-refractivity contribution in [2.75, 3.05) is 6.54 Å². The molecule has 0 atom stereocenters. The van der Waals surface area contributed by atoms with Gasteiger partial charge < -0.3 is 5.73 Å². The number of nitrogens with two attached hydrogens (primary N) is 1. The number of aryl methyl sites for hydroxylation is 1. The maximum atomic E-state index is 12.3. The second-order valence-corrected chi connectivity index (χ2v) is 6.37. The molecule has 0 radical (unpaired) electrons. The molecule has 0 aromatic carbocycles. The quantitative estimate of drug-likeness (QED) is 0.772. The Kier molecular flexibility index (Phi) is 4.23. The molecule has 6 nitrogen and oxygen atoms in total. The van der Waals surface area contributed by atoms with Crippen LogP contribution in [0, 0.1) is 0 Å². The second-order valence-electron chi connectivity index (χ2n) is 3.96. The first-order valence-corrected chi connectivity index (χ1v) is 6.88. The lowest BCUT2D eigenvalue weighted by Gasteiger charge is -2.24. The fourth-order valence-corrected chi connectivity index (χ4v) is 3.19. The summed E-state index contributed by atoms with van der Waals surface area (Å²) in [5.74, 6) is 0. The first-order chi connectivity index (χ1) is 7.75. The lowest BCUT2D eigenvalue weighted by molar-refractivity contribution is 0.391. The van der Waals surface area contributed by atoms with Crippen molar-refractivity contribution in [2.45, 2.75) is 24.8 Å². The van der Waals surface area contributed by atoms with Crippen molar-refractivity contribution in [3.05, 3.63) is 12.4 Å². The van der Waals surface area contributed by atoms with E-state index in [1.807, 2.05) is 0 Å². The van der Waals surface area contributed by atoms with E-state index >= 15 is 0 Å². The highest BCUT2D eigenvalue weighted by molar-refractivity contribution is 7.89. The zero-order valence-corrected chi connectivity index (χ0v) is 11.6. The molecule has 1 aromatic heterocycles. The van der Waals surface area contributed by atoms with Crippen molar-refractivity contribution < 1.29 is 8.42 Å². The number of sulfonamides is 1. The summed E-state index contributed by atoms with van der Waals surface area (Å²) in [5.41, 5.74) is 5.42. The van der Waals surface area contributed by atoms with Crippen LogP contribution in [0.3, 0.4) is 0 Å². The fourth-order valence-electron chi connectivity index (χ4n) is 1.37. The zero-order chi connectivity index (χ0) is 13.2. The van der Waals surface area contributed by atoms with Crippen LogP contribution < -0.4 is 5.73 Å². The van der Waals surface area contributed by atoms with Crippen LogP contribution in [0.15, 0.2) is 17.3 Å². The second kappa shape index (κ2) is 5.11. The molecule has 0 saturated carbocycles. The van der Waals surface area contributed by atoms with Gasteiger partial charge in [0.15, 0.2) is 0 Å². The van der Waals surface area contributed by atoms with Crippen LogP contribution in [0.1, 0.15) is 13.8 Å². The van der Waals surface area contributed by atoms with Crippen LogP contribution in [-0.2, 0) is 17.1 Å². The fraction of sp³-hybridized carbons (Fsp3) is 0.556. The summed E-state index contributed by atoms with van der Waals surface area (Å²) >= 11 is 4.77. The molecule has 2 N–H and O–H groups in total. The van der Waals surface area contributed by atoms with Gasteiger partial charge in [0, 0.05) is 19.3 Å². The van der Waals surface area contributed by atoms with E-state index in [-0.39, 0.29) is 22.5 Å². The van der Waals surface area contributed by atoms with Gasteiger partial charge in [0.2, 0.25) is 10.0 Å². The Morgan fingerprint density at radius 2 is 2.24 bits per heavy atom. The van der Waals surface area contributed by atoms with Gasteiger partial charge in [-0.3, -0.25) is 4.68 Å². The molecule has 0 saturated heterocycles. The first kappa shape index (κ1) is 14.1. The smallest absolute Gasteiger partial charge is 0.246 e. The Hall–Kier alpha value is -0.990. The third kappa shape index (κ3) is 3.24. The summed E-state index contributed by atoms with van der Waals surface area (Å²) in [7, 11) is -1.93. The van der Waals surface area contributed by atoms with Crippen molar-refractivity contribution in [3.8, 4) is 0 Å². The molecule has 1 heterocycles. The molecule has 0 bridgehead atoms. The van der Waals surface area contributed by atoms with Crippen LogP contribution in [0.4, 0.5) is 0 Å². The van der Waals surface area contributed by atoms with Gasteiger partial charge >= 0.3 is 0 Å². The van der Waals surface area contributed by atoms with Gasteiger partial charge in [0.25, 0.3) is 0 Å². The van der Waals surface area contributed by atoms with E-state index in [1.54, 1.807) is 20.9 Å². The van der Waals surface area contributed by atoms with Gasteiger partial charge in [-0.1, -0.05) is 12.2 Å². The molecule has 0 unspecified atom stereocenters. The van der Waals surface area contributed by atoms with E-state index in [4.69, 9.17) is 18.0 Å². The number of rotatable bonds is 5. The minimum Gasteiger partial charge on any atom is -0.392 e. The summed E-state index contributed by atoms with van der Waals surface area (Å²) in [6.45, 7) is 3.57. The molecule has 0 aliphatic carbocycles. The van der Waals surface area contributed by atoms with Crippen molar-refractivity contribution >= 4 is 27.2 Å². The lowest BCUT2D eigenvalue weighted by atomic mass is 10.4. The predicted octanol–water partition coefficient (Wildman–Crippen LogP) is 0.105. The minimum atomic E-state index is -3.59. The average molecular weight is 276 g/mol. The van der Waals surface area contributed by atoms with E-state index in [2.05, 4.69) is 5.10 Å². The van der Waals surface area contributed by atoms with Crippen molar-refractivity contribution in [1.29, 1.82) is 0 Å². The Bertz CT molecular complexity index is 507. The third-order valence-electron chi connectivity index (χ3n) is 2.18. The third-order valence-corrected chi connectivity index (χ3v) is 4.28. The van der Waals surface area contributed by atoms with Gasteiger partial charge in [-0.2, -0.15) is 9.40 Å². The Morgan fingerprint density at radius 3 is 2.59 bits per heavy atom. The van der Waals surface area contributed by atoms with Crippen LogP contribution in [0.5, 0.6) is 0 Å². The molecule has 0 spiro atoms. The number of nitrogens with zero attached hydrogens (tertiary/aromatic N) is 3. The molecular formula is C9H16N4O2S2. The van der Waals surface area contributed by atoms with Crippen molar-refractivity contribution in [1.82, 2.24) is 14.1 Å². The van der Waals surface area contributed by atoms with Gasteiger partial charge in [-0.15, -0.1) is 0 Å². The first-order valence-electron chi connectivity index (χ1n) is 5.04. The molecular weight excluding hydrogens is 260 g/mol. The Morgan fingerprint density at radius 1 is 1.65 bits per heavy atom. The maximum absolute atomic E-state index is 12.3. The largest absolute Gasteiger partial charge is 0.392 e. The monoisotopic (exact) mass is 276 g/mol. The van der Waals surface area contributed by atoms with Crippen molar-refractivity contribution in [3.63, 3.8) is 0 Å². The van der Waals surface area contributed by atoms with Gasteiger partial charge in [-0.25, -0.2) is 8.42 Å². The Balaban J connectivity index is 3.13. The molecule has 17 heavy (non-hydrogen) atoms. The highest BCUT2D eigenvalue weighted by atomic mass is 32.2. The molecule has 1 rings (SSSR count). The minimum absolute atomic E-state index is 0.0320. The number of thiocarbonyl (C=S) groups is 1. The lowest BCUT2D eigenvalue weighted by Crippen LogP contribution is -2.42. The van der Waals surface area contributed by atoms with Crippen LogP contribution >= 0.6 is 12.2 Å². The number of aromatic nitrogens is 2. The molecule has 96 valence electrons. The molecule has 0 aliphatic heterocycles. The molecule has 0 fully saturated rings. The standard InChI is InChI=1S/C9H16N4O2S2/c1-7(2)13(6-9(10)16)17(14,15)8-4-11-12(3)5-8/h4-5,7H,6H2,1-3H3,(H2,10,16). The van der Waals surface area contributed by atoms with E-state index < -0.39 is 10.0 Å². The number of hydrogen-bond donors (Lipinski definition) is 1. The van der Waals surface area contributed by atoms with E-state index in [9.17, 15) is 8.42 Å². The van der Waals surface area contributed by atoms with E-state index in [0.717, 1.165) is 0 Å². The zero-order valence-electron chi connectivity index (χ0n) is 9.99. The van der Waals surface area contributed by atoms with Gasteiger partial charge in [0.05, 0.1) is 17.7 Å². The van der Waals surface area contributed by atoms with Crippen LogP contribution in [0.2, 0.25) is 0 Å². The van der Waals surface area contributed by atoms with Crippen LogP contribution in [-0.4, -0.2) is 40.1 Å². The van der Waals surface area contributed by atoms with E-state index in [0.29, 0.717) is 0 Å². The molecule has 8 heteroatoms. The number of hydrogen-bond acceptors (Lipinski definition) is 4. The average Bonchev–Trinajstić information content (AvgIpc) is 2.61. The van der Waals surface area contributed by atoms with Crippen LogP contribution in [0.25, 0.3) is 0 Å². The molecule has 0 amide bonds. The highest BCUT2D eigenvalue weighted by Gasteiger charge is 2.28. The summed E-state index contributed by atoms with van der Waals surface area (Å²) in [4.78, 5) is 0.288. The maximum Gasteiger partial charge on any atom is 0.246 e. The topological polar surface area (TPSA) is 81.2 Å². The summed E-state index contributed by atoms with van der Waals surface area (Å²) in [6, 6.07) is -0.221. The predicted molar refractivity (Wildman–Crippen MR) is 69.0 cm³/mol. The normalized spacial score (nSPS) is 12.3.